The molecule has 2 aromatic carbocycles. The maximum Gasteiger partial charge on any atom is 0.210 e. The van der Waals surface area contributed by atoms with Crippen LogP contribution in [-0.4, -0.2) is 18.6 Å². The maximum absolute atomic E-state index is 13.7. The molecule has 4 rings (SSSR count). The molecule has 9 heteroatoms. The first-order valence-electron chi connectivity index (χ1n) is 9.30. The van der Waals surface area contributed by atoms with Gasteiger partial charge in [0.25, 0.3) is 0 Å². The number of anilines is 1. The lowest BCUT2D eigenvalue weighted by Crippen LogP contribution is -2.10. The molecule has 0 unspecified atom stereocenters. The Kier molecular flexibility index (Phi) is 5.17. The summed E-state index contributed by atoms with van der Waals surface area (Å²) in [5, 5.41) is 16.7. The van der Waals surface area contributed by atoms with Gasteiger partial charge in [0.15, 0.2) is 0 Å². The van der Waals surface area contributed by atoms with E-state index in [1.807, 2.05) is 6.07 Å². The van der Waals surface area contributed by atoms with E-state index in [4.69, 9.17) is 9.78 Å². The molecule has 0 saturated heterocycles. The number of nitrogens with one attached hydrogen (secondary N) is 1. The van der Waals surface area contributed by atoms with Crippen LogP contribution in [0.5, 0.6) is 0 Å². The van der Waals surface area contributed by atoms with Gasteiger partial charge >= 0.3 is 0 Å². The van der Waals surface area contributed by atoms with E-state index >= 15 is 0 Å². The van der Waals surface area contributed by atoms with Crippen molar-refractivity contribution in [3.63, 3.8) is 0 Å². The van der Waals surface area contributed by atoms with Crippen LogP contribution in [-0.2, 0) is 16.4 Å². The quantitative estimate of drug-likeness (QED) is 0.497. The summed E-state index contributed by atoms with van der Waals surface area (Å²) in [6, 6.07) is 11.7. The van der Waals surface area contributed by atoms with Gasteiger partial charge in [0.1, 0.15) is 16.5 Å². The lowest BCUT2D eigenvalue weighted by molar-refractivity contribution is 0.392. The molecule has 1 N–H and O–H groups in total. The summed E-state index contributed by atoms with van der Waals surface area (Å²) in [6.45, 7) is 3.80. The molecular weight excluding hydrogens is 419 g/mol. The van der Waals surface area contributed by atoms with E-state index in [1.165, 1.54) is 48.7 Å². The van der Waals surface area contributed by atoms with Gasteiger partial charge in [-0.2, -0.15) is 5.26 Å². The number of hydrogen-bond acceptors (Lipinski definition) is 7. The number of nitrogens with zero attached hydrogens (tertiary/aromatic N) is 3. The Morgan fingerprint density at radius 2 is 2.00 bits per heavy atom. The van der Waals surface area contributed by atoms with E-state index in [9.17, 15) is 12.8 Å². The van der Waals surface area contributed by atoms with Crippen molar-refractivity contribution in [2.75, 3.05) is 5.32 Å². The largest absolute Gasteiger partial charge is 0.379 e. The molecule has 7 nitrogen and oxygen atoms in total. The van der Waals surface area contributed by atoms with Crippen LogP contribution in [0.15, 0.2) is 63.0 Å². The Morgan fingerprint density at radius 1 is 1.19 bits per heavy atom. The fourth-order valence-corrected chi connectivity index (χ4v) is 4.76. The number of fused-ring (bicyclic) bond motifs is 1. The Morgan fingerprint density at radius 3 is 2.71 bits per heavy atom. The number of pyridine rings is 1. The number of benzene rings is 2. The molecule has 0 saturated carbocycles. The van der Waals surface area contributed by atoms with Crippen molar-refractivity contribution in [1.82, 2.24) is 10.1 Å². The lowest BCUT2D eigenvalue weighted by Gasteiger charge is -2.15. The summed E-state index contributed by atoms with van der Waals surface area (Å²) in [4.78, 5) is 4.05. The molecule has 0 bridgehead atoms. The van der Waals surface area contributed by atoms with E-state index in [1.54, 1.807) is 13.8 Å². The van der Waals surface area contributed by atoms with Gasteiger partial charge in [-0.15, -0.1) is 0 Å². The zero-order chi connectivity index (χ0) is 22.2. The normalized spacial score (nSPS) is 11.4. The van der Waals surface area contributed by atoms with Gasteiger partial charge in [-0.25, -0.2) is 12.8 Å². The minimum Gasteiger partial charge on any atom is -0.379 e. The second kappa shape index (κ2) is 7.81. The van der Waals surface area contributed by atoms with Crippen LogP contribution in [0.25, 0.3) is 10.9 Å². The summed E-state index contributed by atoms with van der Waals surface area (Å²) in [5.74, 6) is 0.134. The molecule has 0 atom stereocenters. The van der Waals surface area contributed by atoms with Crippen LogP contribution in [0.2, 0.25) is 0 Å². The van der Waals surface area contributed by atoms with Crippen LogP contribution in [0, 0.1) is 31.0 Å². The lowest BCUT2D eigenvalue weighted by atomic mass is 10.1. The maximum atomic E-state index is 13.7. The van der Waals surface area contributed by atoms with E-state index < -0.39 is 15.7 Å². The van der Waals surface area contributed by atoms with E-state index in [2.05, 4.69) is 15.5 Å². The highest BCUT2D eigenvalue weighted by atomic mass is 32.2. The summed E-state index contributed by atoms with van der Waals surface area (Å²) in [7, 11) is -4.02. The molecule has 156 valence electrons. The molecule has 2 heterocycles. The van der Waals surface area contributed by atoms with Crippen molar-refractivity contribution in [2.24, 2.45) is 0 Å². The van der Waals surface area contributed by atoms with Gasteiger partial charge in [-0.05, 0) is 44.2 Å². The average Bonchev–Trinajstić information content (AvgIpc) is 3.08. The predicted molar refractivity (Wildman–Crippen MR) is 112 cm³/mol. The van der Waals surface area contributed by atoms with Crippen molar-refractivity contribution >= 4 is 26.4 Å². The highest BCUT2D eigenvalue weighted by Gasteiger charge is 2.25. The fraction of sp³-hybridized carbons (Fsp3) is 0.136. The highest BCUT2D eigenvalue weighted by Crippen LogP contribution is 2.34. The minimum atomic E-state index is -4.02. The second-order valence-corrected chi connectivity index (χ2v) is 8.88. The van der Waals surface area contributed by atoms with Crippen LogP contribution in [0.4, 0.5) is 10.1 Å². The summed E-state index contributed by atoms with van der Waals surface area (Å²) in [6.07, 6.45) is 1.20. The van der Waals surface area contributed by atoms with Gasteiger partial charge in [0.05, 0.1) is 33.4 Å². The summed E-state index contributed by atoms with van der Waals surface area (Å²) < 4.78 is 45.8. The van der Waals surface area contributed by atoms with Crippen LogP contribution in [0.3, 0.4) is 0 Å². The molecular formula is C22H17FN4O3S. The first-order chi connectivity index (χ1) is 14.8. The zero-order valence-electron chi connectivity index (χ0n) is 16.7. The number of halogens is 1. The van der Waals surface area contributed by atoms with Gasteiger partial charge in [-0.1, -0.05) is 11.2 Å². The van der Waals surface area contributed by atoms with E-state index in [0.717, 1.165) is 5.56 Å². The second-order valence-electron chi connectivity index (χ2n) is 6.96. The third kappa shape index (κ3) is 3.73. The monoisotopic (exact) mass is 436 g/mol. The Balaban J connectivity index is 1.89. The number of sulfone groups is 1. The first kappa shape index (κ1) is 20.5. The number of aryl methyl sites for hydroxylation is 2. The number of rotatable bonds is 5. The standard InChI is InChI=1S/C22H17FN4O3S/c1-13-19(14(2)30-27-13)11-26-22-18-7-6-16(23)9-20(18)25-12-21(22)31(28,29)17-5-3-4-15(8-17)10-24/h3-9,12H,11H2,1-2H3,(H,25,26). The molecule has 2 aromatic heterocycles. The smallest absolute Gasteiger partial charge is 0.210 e. The van der Waals surface area contributed by atoms with Crippen molar-refractivity contribution in [1.29, 1.82) is 5.26 Å². The first-order valence-corrected chi connectivity index (χ1v) is 10.8. The SMILES string of the molecule is Cc1noc(C)c1CNc1c(S(=O)(=O)c2cccc(C#N)c2)cnc2cc(F)ccc12. The molecule has 0 fully saturated rings. The van der Waals surface area contributed by atoms with Crippen LogP contribution < -0.4 is 5.32 Å². The molecule has 0 radical (unpaired) electrons. The van der Waals surface area contributed by atoms with Gasteiger partial charge in [-0.3, -0.25) is 4.98 Å². The highest BCUT2D eigenvalue weighted by molar-refractivity contribution is 7.91. The van der Waals surface area contributed by atoms with Crippen molar-refractivity contribution in [2.45, 2.75) is 30.2 Å². The fourth-order valence-electron chi connectivity index (χ4n) is 3.33. The average molecular weight is 436 g/mol. The summed E-state index contributed by atoms with van der Waals surface area (Å²) >= 11 is 0. The van der Waals surface area contributed by atoms with Crippen molar-refractivity contribution < 1.29 is 17.3 Å². The van der Waals surface area contributed by atoms with Crippen LogP contribution >= 0.6 is 0 Å². The molecule has 0 spiro atoms. The third-order valence-corrected chi connectivity index (χ3v) is 6.75. The Hall–Kier alpha value is -3.77. The predicted octanol–water partition coefficient (Wildman–Crippen LogP) is 4.30. The van der Waals surface area contributed by atoms with E-state index in [-0.39, 0.29) is 27.6 Å². The topological polar surface area (TPSA) is 109 Å². The minimum absolute atomic E-state index is 0.0322. The Labute approximate surface area is 178 Å². The molecule has 4 aromatic rings. The van der Waals surface area contributed by atoms with Crippen LogP contribution in [0.1, 0.15) is 22.6 Å². The molecule has 0 aliphatic rings. The zero-order valence-corrected chi connectivity index (χ0v) is 17.5. The van der Waals surface area contributed by atoms with E-state index in [0.29, 0.717) is 22.4 Å². The van der Waals surface area contributed by atoms with Crippen molar-refractivity contribution in [3.8, 4) is 6.07 Å². The van der Waals surface area contributed by atoms with Crippen molar-refractivity contribution in [3.05, 3.63) is 77.1 Å². The number of aromatic nitrogens is 2. The number of nitriles is 1. The molecule has 0 aliphatic carbocycles. The summed E-state index contributed by atoms with van der Waals surface area (Å²) in [5.41, 5.74) is 2.29. The molecule has 31 heavy (non-hydrogen) atoms. The van der Waals surface area contributed by atoms with Gasteiger partial charge < -0.3 is 9.84 Å². The van der Waals surface area contributed by atoms with Gasteiger partial charge in [0, 0.05) is 29.8 Å². The third-order valence-electron chi connectivity index (χ3n) is 4.98. The van der Waals surface area contributed by atoms with Gasteiger partial charge in [0.2, 0.25) is 9.84 Å². The molecule has 0 amide bonds. The molecule has 0 aliphatic heterocycles. The number of hydrogen-bond donors (Lipinski definition) is 1. The Bertz CT molecular complexity index is 1440.